The molecule has 0 unspecified atom stereocenters. The Balaban J connectivity index is 3.10. The third kappa shape index (κ3) is 20.8. The van der Waals surface area contributed by atoms with Crippen LogP contribution in [0.1, 0.15) is 89.9 Å². The highest BCUT2D eigenvalue weighted by Gasteiger charge is 1.97. The summed E-state index contributed by atoms with van der Waals surface area (Å²) in [6.45, 7) is 1.22. The van der Waals surface area contributed by atoms with Crippen LogP contribution in [-0.4, -0.2) is 32.5 Å². The van der Waals surface area contributed by atoms with E-state index in [0.717, 1.165) is 32.1 Å². The van der Waals surface area contributed by atoms with E-state index in [1.165, 1.54) is 77.7 Å². The Hall–Kier alpha value is -1.16. The van der Waals surface area contributed by atoms with Gasteiger partial charge in [-0.1, -0.05) is 57.1 Å². The SMILES string of the molecule is COC(=O)CNCCCCCCCCC=CCCCCCCCC=O. The van der Waals surface area contributed by atoms with Gasteiger partial charge >= 0.3 is 5.97 Å². The highest BCUT2D eigenvalue weighted by molar-refractivity contribution is 5.71. The molecule has 0 aliphatic carbocycles. The average Bonchev–Trinajstić information content (AvgIpc) is 2.63. The Bertz CT molecular complexity index is 329. The first-order valence-electron chi connectivity index (χ1n) is 10.2. The van der Waals surface area contributed by atoms with Gasteiger partial charge in [-0.05, 0) is 45.1 Å². The van der Waals surface area contributed by atoms with Gasteiger partial charge in [0, 0.05) is 6.42 Å². The van der Waals surface area contributed by atoms with Crippen LogP contribution in [-0.2, 0) is 14.3 Å². The molecular weight excluding hydrogens is 314 g/mol. The highest BCUT2D eigenvalue weighted by atomic mass is 16.5. The molecule has 0 aromatic heterocycles. The van der Waals surface area contributed by atoms with E-state index in [2.05, 4.69) is 22.2 Å². The van der Waals surface area contributed by atoms with Gasteiger partial charge in [-0.25, -0.2) is 0 Å². The number of carbonyl (C=O) groups is 2. The summed E-state index contributed by atoms with van der Waals surface area (Å²) < 4.78 is 4.57. The van der Waals surface area contributed by atoms with Crippen molar-refractivity contribution in [2.75, 3.05) is 20.2 Å². The predicted molar refractivity (Wildman–Crippen MR) is 105 cm³/mol. The lowest BCUT2D eigenvalue weighted by Crippen LogP contribution is -2.24. The molecule has 0 amide bonds. The number of hydrogen-bond donors (Lipinski definition) is 1. The van der Waals surface area contributed by atoms with Gasteiger partial charge < -0.3 is 14.8 Å². The van der Waals surface area contributed by atoms with Crippen LogP contribution in [0.25, 0.3) is 0 Å². The molecule has 0 bridgehead atoms. The molecule has 0 aliphatic heterocycles. The largest absolute Gasteiger partial charge is 0.468 e. The first kappa shape index (κ1) is 23.8. The van der Waals surface area contributed by atoms with Gasteiger partial charge in [0.05, 0.1) is 13.7 Å². The van der Waals surface area contributed by atoms with Gasteiger partial charge in [0.15, 0.2) is 0 Å². The summed E-state index contributed by atoms with van der Waals surface area (Å²) in [5.74, 6) is -0.192. The summed E-state index contributed by atoms with van der Waals surface area (Å²) in [6, 6.07) is 0. The second-order valence-corrected chi connectivity index (χ2v) is 6.65. The Morgan fingerprint density at radius 3 is 1.76 bits per heavy atom. The van der Waals surface area contributed by atoms with Crippen LogP contribution in [0, 0.1) is 0 Å². The summed E-state index contributed by atoms with van der Waals surface area (Å²) >= 11 is 0. The number of allylic oxidation sites excluding steroid dienone is 2. The monoisotopic (exact) mass is 353 g/mol. The standard InChI is InChI=1S/C21H39NO3/c1-25-21(24)20-22-18-16-14-12-10-8-6-4-2-3-5-7-9-11-13-15-17-19-23/h2-3,19,22H,4-18,20H2,1H3. The first-order chi connectivity index (χ1) is 12.3. The van der Waals surface area contributed by atoms with E-state index in [9.17, 15) is 9.59 Å². The van der Waals surface area contributed by atoms with E-state index in [1.807, 2.05) is 0 Å². The number of ether oxygens (including phenoxy) is 1. The Labute approximate surface area is 154 Å². The van der Waals surface area contributed by atoms with E-state index in [0.29, 0.717) is 6.54 Å². The van der Waals surface area contributed by atoms with Crippen molar-refractivity contribution in [2.45, 2.75) is 89.9 Å². The van der Waals surface area contributed by atoms with Crippen LogP contribution >= 0.6 is 0 Å². The smallest absolute Gasteiger partial charge is 0.319 e. The van der Waals surface area contributed by atoms with Crippen molar-refractivity contribution in [1.82, 2.24) is 5.32 Å². The lowest BCUT2D eigenvalue weighted by Gasteiger charge is -2.03. The minimum absolute atomic E-state index is 0.192. The normalized spacial score (nSPS) is 11.1. The van der Waals surface area contributed by atoms with Crippen LogP contribution in [0.4, 0.5) is 0 Å². The number of methoxy groups -OCH3 is 1. The zero-order valence-electron chi connectivity index (χ0n) is 16.3. The van der Waals surface area contributed by atoms with Crippen LogP contribution in [0.2, 0.25) is 0 Å². The minimum atomic E-state index is -0.192. The van der Waals surface area contributed by atoms with E-state index < -0.39 is 0 Å². The molecule has 0 saturated heterocycles. The number of nitrogens with one attached hydrogen (secondary N) is 1. The molecular formula is C21H39NO3. The predicted octanol–water partition coefficient (Wildman–Crippen LogP) is 4.97. The summed E-state index contributed by atoms with van der Waals surface area (Å²) in [7, 11) is 1.42. The number of unbranched alkanes of at least 4 members (excludes halogenated alkanes) is 12. The van der Waals surface area contributed by atoms with Crippen LogP contribution in [0.3, 0.4) is 0 Å². The third-order valence-electron chi connectivity index (χ3n) is 4.33. The van der Waals surface area contributed by atoms with Crippen molar-refractivity contribution in [1.29, 1.82) is 0 Å². The minimum Gasteiger partial charge on any atom is -0.468 e. The molecule has 25 heavy (non-hydrogen) atoms. The molecule has 0 rings (SSSR count). The summed E-state index contributed by atoms with van der Waals surface area (Å²) in [4.78, 5) is 21.1. The van der Waals surface area contributed by atoms with Gasteiger partial charge in [0.1, 0.15) is 6.29 Å². The molecule has 0 aromatic carbocycles. The molecule has 146 valence electrons. The zero-order valence-corrected chi connectivity index (χ0v) is 16.3. The van der Waals surface area contributed by atoms with E-state index in [-0.39, 0.29) is 5.97 Å². The maximum Gasteiger partial charge on any atom is 0.319 e. The Morgan fingerprint density at radius 1 is 0.760 bits per heavy atom. The summed E-state index contributed by atoms with van der Waals surface area (Å²) in [5, 5.41) is 3.09. The van der Waals surface area contributed by atoms with E-state index in [4.69, 9.17) is 0 Å². The van der Waals surface area contributed by atoms with Gasteiger partial charge in [0.2, 0.25) is 0 Å². The van der Waals surface area contributed by atoms with Crippen molar-refractivity contribution < 1.29 is 14.3 Å². The molecule has 0 aromatic rings. The molecule has 0 spiro atoms. The molecule has 0 saturated carbocycles. The molecule has 4 nitrogen and oxygen atoms in total. The second kappa shape index (κ2) is 20.9. The number of esters is 1. The number of rotatable bonds is 19. The van der Waals surface area contributed by atoms with Gasteiger partial charge in [-0.3, -0.25) is 4.79 Å². The fraction of sp³-hybridized carbons (Fsp3) is 0.810. The molecule has 4 heteroatoms. The molecule has 0 aliphatic rings. The number of aldehydes is 1. The van der Waals surface area contributed by atoms with Crippen molar-refractivity contribution in [3.63, 3.8) is 0 Å². The fourth-order valence-corrected chi connectivity index (χ4v) is 2.74. The molecule has 0 radical (unpaired) electrons. The van der Waals surface area contributed by atoms with E-state index in [1.54, 1.807) is 0 Å². The quantitative estimate of drug-likeness (QED) is 0.154. The molecule has 0 atom stereocenters. The molecule has 0 fully saturated rings. The van der Waals surface area contributed by atoms with Crippen LogP contribution in [0.5, 0.6) is 0 Å². The fourth-order valence-electron chi connectivity index (χ4n) is 2.74. The van der Waals surface area contributed by atoms with E-state index >= 15 is 0 Å². The Morgan fingerprint density at radius 2 is 1.24 bits per heavy atom. The summed E-state index contributed by atoms with van der Waals surface area (Å²) in [5.41, 5.74) is 0. The maximum absolute atomic E-state index is 10.9. The van der Waals surface area contributed by atoms with Crippen molar-refractivity contribution in [3.05, 3.63) is 12.2 Å². The average molecular weight is 354 g/mol. The zero-order chi connectivity index (χ0) is 18.4. The summed E-state index contributed by atoms with van der Waals surface area (Å²) in [6.07, 6.45) is 22.5. The lowest BCUT2D eigenvalue weighted by molar-refractivity contribution is -0.139. The number of carbonyl (C=O) groups excluding carboxylic acids is 2. The lowest BCUT2D eigenvalue weighted by atomic mass is 10.1. The van der Waals surface area contributed by atoms with Crippen molar-refractivity contribution in [2.24, 2.45) is 0 Å². The van der Waals surface area contributed by atoms with Crippen molar-refractivity contribution >= 4 is 12.3 Å². The Kier molecular flexibility index (Phi) is 19.9. The van der Waals surface area contributed by atoms with Gasteiger partial charge in [-0.2, -0.15) is 0 Å². The third-order valence-corrected chi connectivity index (χ3v) is 4.33. The topological polar surface area (TPSA) is 55.4 Å². The van der Waals surface area contributed by atoms with Gasteiger partial charge in [-0.15, -0.1) is 0 Å². The molecule has 0 heterocycles. The second-order valence-electron chi connectivity index (χ2n) is 6.65. The first-order valence-corrected chi connectivity index (χ1v) is 10.2. The van der Waals surface area contributed by atoms with Crippen LogP contribution in [0.15, 0.2) is 12.2 Å². The van der Waals surface area contributed by atoms with Crippen molar-refractivity contribution in [3.8, 4) is 0 Å². The molecule has 1 N–H and O–H groups in total. The maximum atomic E-state index is 10.9. The highest BCUT2D eigenvalue weighted by Crippen LogP contribution is 2.09. The van der Waals surface area contributed by atoms with Gasteiger partial charge in [0.25, 0.3) is 0 Å². The van der Waals surface area contributed by atoms with Crippen LogP contribution < -0.4 is 5.32 Å². The number of hydrogen-bond acceptors (Lipinski definition) is 4.